The average molecular weight is 548 g/mol. The summed E-state index contributed by atoms with van der Waals surface area (Å²) in [6.07, 6.45) is 3.23. The highest BCUT2D eigenvalue weighted by Crippen LogP contribution is 2.43. The first-order valence-electron chi connectivity index (χ1n) is 14.0. The fourth-order valence-electron chi connectivity index (χ4n) is 4.91. The molecule has 2 N–H and O–H groups in total. The normalized spacial score (nSPS) is 14.1. The highest BCUT2D eigenvalue weighted by atomic mass is 32.2. The predicted octanol–water partition coefficient (Wildman–Crippen LogP) is 9.84. The molecule has 204 valence electrons. The van der Waals surface area contributed by atoms with Crippen LogP contribution in [0.25, 0.3) is 0 Å². The van der Waals surface area contributed by atoms with Crippen molar-refractivity contribution in [2.24, 2.45) is 5.92 Å². The van der Waals surface area contributed by atoms with Crippen LogP contribution in [0.5, 0.6) is 5.75 Å². The fraction of sp³-hybridized carbons (Fsp3) is 0.471. The lowest BCUT2D eigenvalue weighted by Gasteiger charge is -2.28. The van der Waals surface area contributed by atoms with Crippen LogP contribution in [0.15, 0.2) is 63.2 Å². The van der Waals surface area contributed by atoms with Crippen molar-refractivity contribution in [3.63, 3.8) is 0 Å². The van der Waals surface area contributed by atoms with E-state index in [0.29, 0.717) is 11.7 Å². The quantitative estimate of drug-likeness (QED) is 0.215. The van der Waals surface area contributed by atoms with E-state index in [1.807, 2.05) is 23.5 Å². The molecule has 1 unspecified atom stereocenters. The minimum absolute atomic E-state index is 0.0935. The lowest BCUT2D eigenvalue weighted by Crippen LogP contribution is -2.17. The van der Waals surface area contributed by atoms with E-state index in [1.165, 1.54) is 37.1 Å². The summed E-state index contributed by atoms with van der Waals surface area (Å²) >= 11 is 3.83. The van der Waals surface area contributed by atoms with Gasteiger partial charge in [-0.25, -0.2) is 0 Å². The van der Waals surface area contributed by atoms with Crippen molar-refractivity contribution in [1.29, 1.82) is 0 Å². The summed E-state index contributed by atoms with van der Waals surface area (Å²) in [6, 6.07) is 18.2. The third-order valence-corrected chi connectivity index (χ3v) is 9.91. The van der Waals surface area contributed by atoms with E-state index in [4.69, 9.17) is 0 Å². The number of fused-ring (bicyclic) bond motifs is 2. The van der Waals surface area contributed by atoms with E-state index in [0.717, 1.165) is 42.7 Å². The molecule has 0 aliphatic carbocycles. The lowest BCUT2D eigenvalue weighted by atomic mass is 9.79. The van der Waals surface area contributed by atoms with Gasteiger partial charge in [-0.1, -0.05) is 85.4 Å². The minimum Gasteiger partial charge on any atom is -0.507 e. The SMILES string of the molecule is CCc1ccc2c(c1)Sc1cc(NCCC(C)CSc3cc(C(C)(C)C)c(O)c(C(C)(C)C)c3)ccc1C2. The highest BCUT2D eigenvalue weighted by Gasteiger charge is 2.26. The highest BCUT2D eigenvalue weighted by molar-refractivity contribution is 7.99. The van der Waals surface area contributed by atoms with Gasteiger partial charge in [-0.2, -0.15) is 0 Å². The van der Waals surface area contributed by atoms with Crippen LogP contribution in [0.1, 0.15) is 89.6 Å². The van der Waals surface area contributed by atoms with Gasteiger partial charge in [-0.05, 0) is 83.0 Å². The van der Waals surface area contributed by atoms with E-state index >= 15 is 0 Å². The number of hydrogen-bond acceptors (Lipinski definition) is 4. The monoisotopic (exact) mass is 547 g/mol. The molecule has 3 aromatic carbocycles. The van der Waals surface area contributed by atoms with Crippen LogP contribution in [-0.4, -0.2) is 17.4 Å². The third-order valence-electron chi connectivity index (χ3n) is 7.41. The summed E-state index contributed by atoms with van der Waals surface area (Å²) < 4.78 is 0. The van der Waals surface area contributed by atoms with Crippen molar-refractivity contribution in [2.45, 2.75) is 100 Å². The molecule has 0 fully saturated rings. The number of aromatic hydroxyl groups is 1. The average Bonchev–Trinajstić information content (AvgIpc) is 2.85. The maximum absolute atomic E-state index is 11.0. The number of anilines is 1. The van der Waals surface area contributed by atoms with Crippen LogP contribution in [-0.2, 0) is 23.7 Å². The Balaban J connectivity index is 1.34. The van der Waals surface area contributed by atoms with Gasteiger partial charge >= 0.3 is 0 Å². The van der Waals surface area contributed by atoms with Crippen molar-refractivity contribution in [1.82, 2.24) is 0 Å². The molecule has 1 aliphatic heterocycles. The van der Waals surface area contributed by atoms with Crippen LogP contribution < -0.4 is 5.32 Å². The maximum Gasteiger partial charge on any atom is 0.123 e. The number of hydrogen-bond donors (Lipinski definition) is 2. The molecule has 1 aliphatic rings. The molecule has 0 saturated carbocycles. The number of benzene rings is 3. The Hall–Kier alpha value is -2.04. The zero-order valence-corrected chi connectivity index (χ0v) is 26.1. The molecule has 3 aromatic rings. The molecule has 2 nitrogen and oxygen atoms in total. The summed E-state index contributed by atoms with van der Waals surface area (Å²) in [5.74, 6) is 2.11. The third kappa shape index (κ3) is 6.93. The van der Waals surface area contributed by atoms with Gasteiger partial charge in [0, 0.05) is 43.8 Å². The fourth-order valence-corrected chi connectivity index (χ4v) is 7.13. The predicted molar refractivity (Wildman–Crippen MR) is 168 cm³/mol. The van der Waals surface area contributed by atoms with Gasteiger partial charge in [-0.15, -0.1) is 11.8 Å². The molecule has 1 heterocycles. The van der Waals surface area contributed by atoms with Crippen LogP contribution in [0, 0.1) is 5.92 Å². The van der Waals surface area contributed by atoms with Crippen LogP contribution in [0.3, 0.4) is 0 Å². The number of phenolic OH excluding ortho intramolecular Hbond substituents is 1. The van der Waals surface area contributed by atoms with Crippen molar-refractivity contribution in [3.8, 4) is 5.75 Å². The molecule has 0 amide bonds. The smallest absolute Gasteiger partial charge is 0.123 e. The second-order valence-electron chi connectivity index (χ2n) is 12.9. The molecule has 0 aromatic heterocycles. The maximum atomic E-state index is 11.0. The molecule has 4 rings (SSSR count). The van der Waals surface area contributed by atoms with Crippen molar-refractivity contribution in [3.05, 3.63) is 76.3 Å². The summed E-state index contributed by atoms with van der Waals surface area (Å²) in [4.78, 5) is 4.06. The Labute approximate surface area is 239 Å². The second-order valence-corrected chi connectivity index (χ2v) is 15.1. The molecular formula is C34H45NOS2. The molecule has 0 radical (unpaired) electrons. The van der Waals surface area contributed by atoms with E-state index in [2.05, 4.69) is 109 Å². The van der Waals surface area contributed by atoms with Crippen molar-refractivity contribution in [2.75, 3.05) is 17.6 Å². The zero-order valence-electron chi connectivity index (χ0n) is 24.5. The number of thioether (sulfide) groups is 1. The van der Waals surface area contributed by atoms with Gasteiger partial charge in [0.15, 0.2) is 0 Å². The molecule has 0 saturated heterocycles. The Kier molecular flexibility index (Phi) is 8.84. The first kappa shape index (κ1) is 29.0. The van der Waals surface area contributed by atoms with Crippen molar-refractivity contribution < 1.29 is 5.11 Å². The van der Waals surface area contributed by atoms with Crippen LogP contribution >= 0.6 is 23.5 Å². The molecule has 1 atom stereocenters. The first-order valence-corrected chi connectivity index (χ1v) is 15.8. The standard InChI is InChI=1S/C34H45NOS2/c1-9-23-10-11-24-17-25-12-13-26(18-31(25)38-30(24)16-23)35-15-14-22(2)21-37-27-19-28(33(3,4)5)32(36)29(20-27)34(6,7)8/h10-13,16,18-20,22,35-36H,9,14-15,17,21H2,1-8H3. The molecule has 0 spiro atoms. The van der Waals surface area contributed by atoms with Crippen LogP contribution in [0.2, 0.25) is 0 Å². The Morgan fingerprint density at radius 1 is 0.895 bits per heavy atom. The van der Waals surface area contributed by atoms with Crippen LogP contribution in [0.4, 0.5) is 5.69 Å². The number of phenols is 1. The summed E-state index contributed by atoms with van der Waals surface area (Å²) in [6.45, 7) is 18.6. The minimum atomic E-state index is -0.0935. The molecule has 0 bridgehead atoms. The van der Waals surface area contributed by atoms with E-state index in [9.17, 15) is 5.11 Å². The summed E-state index contributed by atoms with van der Waals surface area (Å²) in [7, 11) is 0. The Bertz CT molecular complexity index is 1250. The zero-order chi connectivity index (χ0) is 27.7. The van der Waals surface area contributed by atoms with Gasteiger partial charge in [0.2, 0.25) is 0 Å². The first-order chi connectivity index (χ1) is 17.8. The van der Waals surface area contributed by atoms with Gasteiger partial charge in [0.25, 0.3) is 0 Å². The Morgan fingerprint density at radius 3 is 2.11 bits per heavy atom. The summed E-state index contributed by atoms with van der Waals surface area (Å²) in [5, 5.41) is 14.7. The van der Waals surface area contributed by atoms with Gasteiger partial charge in [-0.3, -0.25) is 0 Å². The van der Waals surface area contributed by atoms with E-state index in [1.54, 1.807) is 0 Å². The van der Waals surface area contributed by atoms with Gasteiger partial charge in [0.1, 0.15) is 5.75 Å². The summed E-state index contributed by atoms with van der Waals surface area (Å²) in [5.41, 5.74) is 7.41. The largest absolute Gasteiger partial charge is 0.507 e. The number of nitrogens with one attached hydrogen (secondary N) is 1. The second kappa shape index (κ2) is 11.6. The molecular weight excluding hydrogens is 503 g/mol. The lowest BCUT2D eigenvalue weighted by molar-refractivity contribution is 0.422. The van der Waals surface area contributed by atoms with Crippen molar-refractivity contribution >= 4 is 29.2 Å². The number of rotatable bonds is 8. The number of aryl methyl sites for hydroxylation is 1. The van der Waals surface area contributed by atoms with Gasteiger partial charge < -0.3 is 10.4 Å². The van der Waals surface area contributed by atoms with Gasteiger partial charge in [0.05, 0.1) is 0 Å². The molecule has 38 heavy (non-hydrogen) atoms. The van der Waals surface area contributed by atoms with E-state index in [-0.39, 0.29) is 10.8 Å². The van der Waals surface area contributed by atoms with E-state index < -0.39 is 0 Å². The Morgan fingerprint density at radius 2 is 1.50 bits per heavy atom. The topological polar surface area (TPSA) is 32.3 Å². The molecule has 4 heteroatoms.